The third kappa shape index (κ3) is 11.0. The number of aliphatic carboxylic acids is 4. The maximum atomic E-state index is 13.7. The van der Waals surface area contributed by atoms with Gasteiger partial charge in [0.05, 0.1) is 6.42 Å². The molecule has 12 nitrogen and oxygen atoms in total. The molecule has 4 saturated heterocycles. The van der Waals surface area contributed by atoms with E-state index in [0.717, 1.165) is 103 Å². The summed E-state index contributed by atoms with van der Waals surface area (Å²) in [7, 11) is 0. The largest absolute Gasteiger partial charge is 0.481 e. The van der Waals surface area contributed by atoms with E-state index >= 15 is 0 Å². The first kappa shape index (κ1) is 54.1. The van der Waals surface area contributed by atoms with Crippen LogP contribution in [0.2, 0.25) is 0 Å². The first-order chi connectivity index (χ1) is 28.0. The Labute approximate surface area is 376 Å². The topological polar surface area (TPSA) is 162 Å². The highest BCUT2D eigenvalue weighted by molar-refractivity contribution is 5.85. The van der Waals surface area contributed by atoms with Gasteiger partial charge in [-0.1, -0.05) is 19.3 Å². The molecule has 4 heterocycles. The molecule has 62 heavy (non-hydrogen) atoms. The maximum absolute atomic E-state index is 13.7. The third-order valence-corrected chi connectivity index (χ3v) is 15.6. The van der Waals surface area contributed by atoms with Gasteiger partial charge in [-0.15, -0.1) is 0 Å². The van der Waals surface area contributed by atoms with Crippen molar-refractivity contribution in [1.29, 1.82) is 0 Å². The summed E-state index contributed by atoms with van der Waals surface area (Å²) in [6.45, 7) is 34.4. The number of carboxylic acids is 4. The normalized spacial score (nSPS) is 25.8. The Balaban J connectivity index is 0.000000336. The Bertz CT molecular complexity index is 1450. The highest BCUT2D eigenvalue weighted by atomic mass is 16.4. The fraction of sp³-hybridized carbons (Fsp3) is 0.920. The van der Waals surface area contributed by atoms with Gasteiger partial charge in [-0.25, -0.2) is 9.59 Å². The predicted molar refractivity (Wildman–Crippen MR) is 248 cm³/mol. The summed E-state index contributed by atoms with van der Waals surface area (Å²) >= 11 is 0. The van der Waals surface area contributed by atoms with Crippen molar-refractivity contribution in [2.75, 3.05) is 0 Å². The van der Waals surface area contributed by atoms with Crippen molar-refractivity contribution >= 4 is 23.9 Å². The molecular formula is C50H92N4O8. The molecule has 0 unspecified atom stereocenters. The number of nitrogens with zero attached hydrogens (tertiary/aromatic N) is 4. The Morgan fingerprint density at radius 3 is 0.855 bits per heavy atom. The monoisotopic (exact) mass is 877 g/mol. The molecule has 0 aromatic rings. The van der Waals surface area contributed by atoms with Gasteiger partial charge in [0.2, 0.25) is 0 Å². The van der Waals surface area contributed by atoms with Gasteiger partial charge in [-0.05, 0) is 207 Å². The Morgan fingerprint density at radius 2 is 0.613 bits per heavy atom. The van der Waals surface area contributed by atoms with E-state index < -0.39 is 63.8 Å². The zero-order valence-electron chi connectivity index (χ0n) is 42.4. The summed E-state index contributed by atoms with van der Waals surface area (Å²) in [5, 5.41) is 40.8. The number of piperidine rings is 4. The third-order valence-electron chi connectivity index (χ3n) is 15.6. The molecule has 0 radical (unpaired) electrons. The summed E-state index contributed by atoms with van der Waals surface area (Å²) in [6, 6.07) is 0. The van der Waals surface area contributed by atoms with Crippen molar-refractivity contribution in [3.05, 3.63) is 0 Å². The van der Waals surface area contributed by atoms with E-state index in [1.165, 1.54) is 0 Å². The standard InChI is InChI=1S/C28H52N2O4.C22H40N2O4/c1-24(2)17-14-18-25(3,4)29(24)28(23(33)34,21-13-11-9-10-12-16-22(31)32)30-26(5,6)19-15-20-27(30,7)8;1-18(2)11-9-12-19(3,4)23(18)22(17(27)28,15-16(25)26)24-20(5,6)13-10-14-21(24,7)8/h9-21H2,1-8H3,(H,31,32)(H,33,34);9-15H2,1-8H3,(H,25,26)(H,27,28). The summed E-state index contributed by atoms with van der Waals surface area (Å²) in [6.07, 6.45) is 16.2. The van der Waals surface area contributed by atoms with Crippen LogP contribution in [0.3, 0.4) is 0 Å². The number of carboxylic acid groups (broad SMARTS) is 4. The first-order valence-electron chi connectivity index (χ1n) is 24.1. The molecule has 4 fully saturated rings. The van der Waals surface area contributed by atoms with Gasteiger partial charge in [0.25, 0.3) is 0 Å². The molecule has 4 aliphatic rings. The van der Waals surface area contributed by atoms with Gasteiger partial charge in [-0.3, -0.25) is 29.2 Å². The van der Waals surface area contributed by atoms with Crippen LogP contribution in [0.5, 0.6) is 0 Å². The predicted octanol–water partition coefficient (Wildman–Crippen LogP) is 11.0. The lowest BCUT2D eigenvalue weighted by molar-refractivity contribution is -0.246. The maximum Gasteiger partial charge on any atom is 0.340 e. The number of hydrogen-bond donors (Lipinski definition) is 4. The van der Waals surface area contributed by atoms with E-state index in [-0.39, 0.29) is 28.6 Å². The zero-order chi connectivity index (χ0) is 47.8. The lowest BCUT2D eigenvalue weighted by Crippen LogP contribution is -2.82. The fourth-order valence-corrected chi connectivity index (χ4v) is 14.5. The smallest absolute Gasteiger partial charge is 0.340 e. The van der Waals surface area contributed by atoms with E-state index in [1.807, 2.05) is 9.80 Å². The van der Waals surface area contributed by atoms with Crippen LogP contribution in [-0.4, -0.2) is 120 Å². The van der Waals surface area contributed by atoms with Crippen LogP contribution in [0.1, 0.15) is 239 Å². The van der Waals surface area contributed by atoms with Gasteiger partial charge in [0.1, 0.15) is 0 Å². The Morgan fingerprint density at radius 1 is 0.371 bits per heavy atom. The van der Waals surface area contributed by atoms with Crippen LogP contribution in [0.15, 0.2) is 0 Å². The molecule has 0 spiro atoms. The van der Waals surface area contributed by atoms with Crippen LogP contribution in [0.4, 0.5) is 0 Å². The minimum Gasteiger partial charge on any atom is -0.481 e. The SMILES string of the molecule is CC1(C)CCCC(C)(C)N1C(CC(=O)O)(C(=O)O)N1C(C)(C)CCCC1(C)C.CC1(C)CCCC(C)(C)N1C(CCCCCCCC(=O)O)(C(=O)O)N1C(C)(C)CCCC1(C)C. The average Bonchev–Trinajstić information content (AvgIpc) is 3.03. The Kier molecular flexibility index (Phi) is 16.5. The Hall–Kier alpha value is -2.28. The second-order valence-electron chi connectivity index (χ2n) is 24.7. The molecule has 0 atom stereocenters. The first-order valence-corrected chi connectivity index (χ1v) is 24.1. The second kappa shape index (κ2) is 18.9. The second-order valence-corrected chi connectivity index (χ2v) is 24.7. The summed E-state index contributed by atoms with van der Waals surface area (Å²) in [5.74, 6) is -3.59. The number of likely N-dealkylation sites (tertiary alicyclic amines) is 4. The van der Waals surface area contributed by atoms with Crippen molar-refractivity contribution < 1.29 is 39.6 Å². The lowest BCUT2D eigenvalue weighted by atomic mass is 9.71. The highest BCUT2D eigenvalue weighted by Gasteiger charge is 2.67. The number of hydrogen-bond acceptors (Lipinski definition) is 8. The van der Waals surface area contributed by atoms with Gasteiger partial charge in [0.15, 0.2) is 11.3 Å². The van der Waals surface area contributed by atoms with E-state index in [4.69, 9.17) is 5.11 Å². The van der Waals surface area contributed by atoms with Crippen molar-refractivity contribution in [1.82, 2.24) is 19.6 Å². The molecule has 0 amide bonds. The van der Waals surface area contributed by atoms with Crippen molar-refractivity contribution in [2.45, 2.75) is 295 Å². The number of rotatable bonds is 16. The molecule has 0 aromatic heterocycles. The van der Waals surface area contributed by atoms with E-state index in [9.17, 15) is 34.5 Å². The summed E-state index contributed by atoms with van der Waals surface area (Å²) in [5.41, 5.74) is -5.36. The molecule has 0 bridgehead atoms. The van der Waals surface area contributed by atoms with Crippen LogP contribution in [0.25, 0.3) is 0 Å². The van der Waals surface area contributed by atoms with Crippen molar-refractivity contribution in [3.63, 3.8) is 0 Å². The van der Waals surface area contributed by atoms with Crippen LogP contribution < -0.4 is 0 Å². The average molecular weight is 877 g/mol. The molecular weight excluding hydrogens is 785 g/mol. The van der Waals surface area contributed by atoms with Gasteiger partial charge >= 0.3 is 23.9 Å². The number of unbranched alkanes of at least 4 members (excludes halogenated alkanes) is 4. The van der Waals surface area contributed by atoms with Crippen molar-refractivity contribution in [2.24, 2.45) is 0 Å². The van der Waals surface area contributed by atoms with Crippen molar-refractivity contribution in [3.8, 4) is 0 Å². The molecule has 4 N–H and O–H groups in total. The molecule has 0 saturated carbocycles. The summed E-state index contributed by atoms with van der Waals surface area (Å²) < 4.78 is 0. The molecule has 4 rings (SSSR count). The van der Waals surface area contributed by atoms with Crippen LogP contribution in [0, 0.1) is 0 Å². The van der Waals surface area contributed by atoms with Gasteiger partial charge < -0.3 is 20.4 Å². The van der Waals surface area contributed by atoms with Gasteiger partial charge in [-0.2, -0.15) is 0 Å². The van der Waals surface area contributed by atoms with Gasteiger partial charge in [0, 0.05) is 50.7 Å². The highest BCUT2D eigenvalue weighted by Crippen LogP contribution is 2.55. The van der Waals surface area contributed by atoms with E-state index in [0.29, 0.717) is 12.8 Å². The molecule has 12 heteroatoms. The molecule has 0 aliphatic carbocycles. The minimum absolute atomic E-state index is 0.214. The molecule has 360 valence electrons. The zero-order valence-corrected chi connectivity index (χ0v) is 42.4. The summed E-state index contributed by atoms with van der Waals surface area (Å²) in [4.78, 5) is 58.7. The quantitative estimate of drug-likeness (QED) is 0.109. The number of carbonyl (C=O) groups is 4. The van der Waals surface area contributed by atoms with Crippen LogP contribution in [-0.2, 0) is 19.2 Å². The fourth-order valence-electron chi connectivity index (χ4n) is 14.5. The van der Waals surface area contributed by atoms with E-state index in [2.05, 4.69) is 121 Å². The minimum atomic E-state index is -1.62. The van der Waals surface area contributed by atoms with Crippen LogP contribution >= 0.6 is 0 Å². The lowest BCUT2D eigenvalue weighted by Gasteiger charge is -2.68. The molecule has 0 aromatic carbocycles. The molecule has 4 aliphatic heterocycles. The van der Waals surface area contributed by atoms with E-state index in [1.54, 1.807) is 0 Å².